The number of rotatable bonds is 11. The van der Waals surface area contributed by atoms with Gasteiger partial charge in [0.05, 0.1) is 22.4 Å². The number of amides is 1. The molecule has 0 radical (unpaired) electrons. The van der Waals surface area contributed by atoms with E-state index >= 15 is 0 Å². The van der Waals surface area contributed by atoms with Gasteiger partial charge < -0.3 is 10.6 Å². The monoisotopic (exact) mass is 659 g/mol. The molecule has 0 spiro atoms. The van der Waals surface area contributed by atoms with Crippen LogP contribution < -0.4 is 15.8 Å². The molecule has 0 saturated carbocycles. The van der Waals surface area contributed by atoms with E-state index in [9.17, 15) is 17.8 Å². The number of nitrogens with zero attached hydrogens (tertiary/aromatic N) is 4. The maximum atomic E-state index is 14.2. The van der Waals surface area contributed by atoms with Crippen LogP contribution >= 0.6 is 0 Å². The minimum Gasteiger partial charge on any atom is -0.324 e. The molecule has 9 nitrogen and oxygen atoms in total. The van der Waals surface area contributed by atoms with Gasteiger partial charge in [-0.2, -0.15) is 5.10 Å². The molecule has 1 aromatic heterocycles. The summed E-state index contributed by atoms with van der Waals surface area (Å²) in [6.45, 7) is 4.74. The largest absolute Gasteiger partial charge is 0.324 e. The summed E-state index contributed by atoms with van der Waals surface area (Å²) in [5, 5.41) is 18.1. The molecule has 246 valence electrons. The molecule has 1 aliphatic rings. The molecule has 1 unspecified atom stereocenters. The van der Waals surface area contributed by atoms with Crippen molar-refractivity contribution in [1.29, 1.82) is 0 Å². The van der Waals surface area contributed by atoms with Gasteiger partial charge in [0, 0.05) is 48.1 Å². The topological polar surface area (TPSA) is 126 Å². The van der Waals surface area contributed by atoms with Crippen molar-refractivity contribution in [2.45, 2.75) is 46.0 Å². The van der Waals surface area contributed by atoms with Crippen molar-refractivity contribution in [2.75, 3.05) is 22.9 Å². The number of aromatic nitrogens is 2. The van der Waals surface area contributed by atoms with Gasteiger partial charge in [0.25, 0.3) is 5.91 Å². The summed E-state index contributed by atoms with van der Waals surface area (Å²) in [7, 11) is -1.37. The average molecular weight is 660 g/mol. The fraction of sp³-hybridized carbons (Fsp3) is 0.257. The number of nitrogens with two attached hydrogens (primary N) is 1. The van der Waals surface area contributed by atoms with E-state index in [-0.39, 0.29) is 0 Å². The summed E-state index contributed by atoms with van der Waals surface area (Å²) in [6, 6.07) is 19.7. The molecular weight excluding hydrogens is 620 g/mol. The van der Waals surface area contributed by atoms with E-state index < -0.39 is 34.1 Å². The van der Waals surface area contributed by atoms with E-state index in [1.54, 1.807) is 30.5 Å². The number of carbonyl (C=O) groups excluding carboxylic acids is 1. The van der Waals surface area contributed by atoms with Crippen LogP contribution in [0.4, 0.5) is 26.1 Å². The third-order valence-corrected chi connectivity index (χ3v) is 7.62. The number of nitrogens with one attached hydrogen (secondary N) is 2. The lowest BCUT2D eigenvalue weighted by Gasteiger charge is -2.17. The highest BCUT2D eigenvalue weighted by molar-refractivity contribution is 7.82. The lowest BCUT2D eigenvalue weighted by atomic mass is 10.0. The molecule has 0 fully saturated rings. The third-order valence-electron chi connectivity index (χ3n) is 7.01. The van der Waals surface area contributed by atoms with Crippen LogP contribution in [0.2, 0.25) is 0 Å². The van der Waals surface area contributed by atoms with Gasteiger partial charge in [-0.15, -0.1) is 0 Å². The molecule has 4 N–H and O–H groups in total. The van der Waals surface area contributed by atoms with Crippen molar-refractivity contribution >= 4 is 39.9 Å². The Bertz CT molecular complexity index is 1730. The Kier molecular flexibility index (Phi) is 13.3. The van der Waals surface area contributed by atoms with Crippen molar-refractivity contribution in [3.63, 3.8) is 0 Å². The Morgan fingerprint density at radius 2 is 1.74 bits per heavy atom. The number of halogens is 2. The number of hydrazone groups is 1. The van der Waals surface area contributed by atoms with E-state index in [0.717, 1.165) is 49.2 Å². The van der Waals surface area contributed by atoms with E-state index in [2.05, 4.69) is 21.7 Å². The Morgan fingerprint density at radius 3 is 2.53 bits per heavy atom. The highest BCUT2D eigenvalue weighted by Crippen LogP contribution is 2.20. The summed E-state index contributed by atoms with van der Waals surface area (Å²) in [4.78, 5) is 21.9. The van der Waals surface area contributed by atoms with Gasteiger partial charge in [-0.1, -0.05) is 50.3 Å². The van der Waals surface area contributed by atoms with Crippen LogP contribution in [0, 0.1) is 11.6 Å². The van der Waals surface area contributed by atoms with Gasteiger partial charge in [-0.25, -0.2) is 23.0 Å². The molecule has 5 rings (SSSR count). The predicted octanol–water partition coefficient (Wildman–Crippen LogP) is 6.89. The molecule has 2 heterocycles. The fourth-order valence-electron chi connectivity index (χ4n) is 4.80. The van der Waals surface area contributed by atoms with Crippen LogP contribution in [-0.2, 0) is 23.8 Å². The van der Waals surface area contributed by atoms with Gasteiger partial charge in [0.15, 0.2) is 0 Å². The second-order valence-corrected chi connectivity index (χ2v) is 11.6. The second-order valence-electron chi connectivity index (χ2n) is 10.4. The summed E-state index contributed by atoms with van der Waals surface area (Å²) in [6.07, 6.45) is 9.65. The van der Waals surface area contributed by atoms with Gasteiger partial charge in [-0.05, 0) is 73.7 Å². The molecular formula is C35H39F2N7O2S. The van der Waals surface area contributed by atoms with Crippen LogP contribution in [0.1, 0.15) is 60.3 Å². The first kappa shape index (κ1) is 35.1. The smallest absolute Gasteiger partial charge is 0.261 e. The Balaban J connectivity index is 0.00000245. The number of anilines is 3. The minimum atomic E-state index is -1.37. The maximum absolute atomic E-state index is 14.2. The zero-order chi connectivity index (χ0) is 33.6. The van der Waals surface area contributed by atoms with Gasteiger partial charge in [0.1, 0.15) is 17.2 Å². The summed E-state index contributed by atoms with van der Waals surface area (Å²) >= 11 is 0. The fourth-order valence-corrected chi connectivity index (χ4v) is 5.24. The van der Waals surface area contributed by atoms with Gasteiger partial charge in [-0.3, -0.25) is 14.9 Å². The Labute approximate surface area is 276 Å². The highest BCUT2D eigenvalue weighted by atomic mass is 32.2. The first-order valence-corrected chi connectivity index (χ1v) is 16.9. The number of hydrogen-bond acceptors (Lipinski definition) is 7. The molecule has 47 heavy (non-hydrogen) atoms. The van der Waals surface area contributed by atoms with E-state index in [4.69, 9.17) is 15.2 Å². The number of hydrogen-bond donors (Lipinski definition) is 3. The van der Waals surface area contributed by atoms with E-state index in [0.29, 0.717) is 47.2 Å². The van der Waals surface area contributed by atoms with Crippen LogP contribution in [0.15, 0.2) is 96.4 Å². The predicted molar refractivity (Wildman–Crippen MR) is 185 cm³/mol. The molecule has 1 atom stereocenters. The highest BCUT2D eigenvalue weighted by Gasteiger charge is 2.18. The molecule has 1 amide bonds. The summed E-state index contributed by atoms with van der Waals surface area (Å²) < 4.78 is 39.8. The Morgan fingerprint density at radius 1 is 1.00 bits per heavy atom. The molecule has 1 aliphatic heterocycles. The molecule has 3 aromatic carbocycles. The molecule has 0 aliphatic carbocycles. The Hall–Kier alpha value is -4.81. The standard InChI is InChI=1S/C33H33F2N7O2S.C2H6/c34-28-12-7-13-29(35)31(28)32(43)38-26-11-6-9-24(21-26)30(41-42-17-3-1-2-4-18-42)22-27-14-16-37-33(40-27)39-25-10-5-8-23(20-25)15-19-45(36)44;1-2/h3,5-14,16-17,20-21H,1-2,4,15,18-19,22,36H2,(H,38,43)(H,37,39,40);1-2H3/b41-30+;. The quantitative estimate of drug-likeness (QED) is 0.151. The van der Waals surface area contributed by atoms with Gasteiger partial charge in [0.2, 0.25) is 5.95 Å². The van der Waals surface area contributed by atoms with Crippen molar-refractivity contribution in [3.05, 3.63) is 125 Å². The lowest BCUT2D eigenvalue weighted by Crippen LogP contribution is -2.18. The maximum Gasteiger partial charge on any atom is 0.261 e. The van der Waals surface area contributed by atoms with Crippen molar-refractivity contribution in [1.82, 2.24) is 15.0 Å². The average Bonchev–Trinajstić information content (AvgIpc) is 3.34. The lowest BCUT2D eigenvalue weighted by molar-refractivity contribution is 0.101. The summed E-state index contributed by atoms with van der Waals surface area (Å²) in [5.74, 6) is -2.00. The SMILES string of the molecule is CC.NS(=O)CCc1cccc(Nc2nccc(C/C(=N\N3C=CCCCC3)c3cccc(NC(=O)c4c(F)cccc4F)c3)n2)c1. The molecule has 0 bridgehead atoms. The van der Waals surface area contributed by atoms with E-state index in [1.807, 2.05) is 55.4 Å². The minimum absolute atomic E-state index is 0.337. The first-order valence-electron chi connectivity index (χ1n) is 15.5. The number of aryl methyl sites for hydroxylation is 1. The van der Waals surface area contributed by atoms with Crippen LogP contribution in [0.25, 0.3) is 0 Å². The number of benzene rings is 3. The van der Waals surface area contributed by atoms with E-state index in [1.165, 1.54) is 6.07 Å². The summed E-state index contributed by atoms with van der Waals surface area (Å²) in [5.41, 5.74) is 3.57. The first-order chi connectivity index (χ1) is 22.8. The second kappa shape index (κ2) is 17.8. The zero-order valence-corrected chi connectivity index (χ0v) is 27.3. The van der Waals surface area contributed by atoms with Crippen molar-refractivity contribution in [3.8, 4) is 0 Å². The molecule has 0 saturated heterocycles. The normalized spacial score (nSPS) is 13.6. The van der Waals surface area contributed by atoms with Crippen LogP contribution in [-0.4, -0.2) is 43.1 Å². The van der Waals surface area contributed by atoms with Crippen LogP contribution in [0.5, 0.6) is 0 Å². The van der Waals surface area contributed by atoms with Crippen LogP contribution in [0.3, 0.4) is 0 Å². The van der Waals surface area contributed by atoms with Crippen molar-refractivity contribution in [2.24, 2.45) is 10.2 Å². The molecule has 4 aromatic rings. The van der Waals surface area contributed by atoms with Gasteiger partial charge >= 0.3 is 0 Å². The zero-order valence-electron chi connectivity index (χ0n) is 26.5. The number of allylic oxidation sites excluding steroid dienone is 1. The number of carbonyl (C=O) groups is 1. The molecule has 12 heteroatoms. The van der Waals surface area contributed by atoms with Crippen molar-refractivity contribution < 1.29 is 17.8 Å². The third kappa shape index (κ3) is 10.6.